The predicted molar refractivity (Wildman–Crippen MR) is 138 cm³/mol. The molecule has 3 N–H and O–H groups in total. The first-order valence-corrected chi connectivity index (χ1v) is 12.1. The lowest BCUT2D eigenvalue weighted by molar-refractivity contribution is 0.145. The van der Waals surface area contributed by atoms with E-state index in [1.807, 2.05) is 12.1 Å². The number of nitrogens with two attached hydrogens (primary N) is 1. The number of aromatic nitrogens is 1. The summed E-state index contributed by atoms with van der Waals surface area (Å²) in [4.78, 5) is 18.3. The Morgan fingerprint density at radius 2 is 1.76 bits per heavy atom. The molecule has 0 atom stereocenters. The Bertz CT molecular complexity index is 1230. The number of benzene rings is 2. The van der Waals surface area contributed by atoms with Crippen molar-refractivity contribution in [3.05, 3.63) is 34.5 Å². The first-order valence-electron chi connectivity index (χ1n) is 12.1. The van der Waals surface area contributed by atoms with Gasteiger partial charge in [0.15, 0.2) is 0 Å². The number of methoxy groups -OCH3 is 2. The summed E-state index contributed by atoms with van der Waals surface area (Å²) in [5.74, 6) is 1.13. The molecule has 0 aliphatic carbocycles. The van der Waals surface area contributed by atoms with Gasteiger partial charge in [-0.25, -0.2) is 0 Å². The van der Waals surface area contributed by atoms with Gasteiger partial charge in [-0.3, -0.25) is 4.79 Å². The maximum absolute atomic E-state index is 13.7. The number of likely N-dealkylation sites (N-methyl/N-ethyl adjacent to an activating group) is 1. The maximum Gasteiger partial charge on any atom is 0.201 e. The molecule has 0 radical (unpaired) electrons. The third-order valence-corrected chi connectivity index (χ3v) is 7.05. The first-order chi connectivity index (χ1) is 16.4. The summed E-state index contributed by atoms with van der Waals surface area (Å²) in [5.41, 5.74) is 9.49. The Hall–Kier alpha value is -2.97. The summed E-state index contributed by atoms with van der Waals surface area (Å²) in [6.45, 7) is 9.22. The first kappa shape index (κ1) is 24.2. The predicted octanol–water partition coefficient (Wildman–Crippen LogP) is 3.06. The highest BCUT2D eigenvalue weighted by atomic mass is 16.5. The molecule has 0 spiro atoms. The zero-order valence-electron chi connectivity index (χ0n) is 20.6. The molecule has 8 heteroatoms. The average Bonchev–Trinajstić information content (AvgIpc) is 2.86. The van der Waals surface area contributed by atoms with Crippen LogP contribution in [-0.2, 0) is 6.54 Å². The van der Waals surface area contributed by atoms with Crippen LogP contribution in [0, 0.1) is 0 Å². The smallest absolute Gasteiger partial charge is 0.201 e. The topological polar surface area (TPSA) is 93.2 Å². The Morgan fingerprint density at radius 3 is 2.38 bits per heavy atom. The molecule has 3 aromatic rings. The van der Waals surface area contributed by atoms with Crippen LogP contribution in [0.3, 0.4) is 0 Å². The van der Waals surface area contributed by atoms with Crippen LogP contribution in [0.1, 0.15) is 26.7 Å². The van der Waals surface area contributed by atoms with E-state index < -0.39 is 0 Å². The van der Waals surface area contributed by atoms with E-state index in [-0.39, 0.29) is 11.5 Å². The summed E-state index contributed by atoms with van der Waals surface area (Å²) in [5, 5.41) is 11.1. The second-order valence-corrected chi connectivity index (χ2v) is 8.88. The van der Waals surface area contributed by atoms with Crippen LogP contribution < -0.4 is 25.5 Å². The molecule has 0 unspecified atom stereocenters. The number of nitrogen functional groups attached to an aromatic ring is 1. The highest BCUT2D eigenvalue weighted by Gasteiger charge is 2.22. The van der Waals surface area contributed by atoms with Crippen molar-refractivity contribution < 1.29 is 14.6 Å². The van der Waals surface area contributed by atoms with Crippen LogP contribution in [0.4, 0.5) is 11.4 Å². The monoisotopic (exact) mass is 468 g/mol. The minimum Gasteiger partial charge on any atom is -0.497 e. The van der Waals surface area contributed by atoms with Crippen molar-refractivity contribution in [2.45, 2.75) is 39.3 Å². The number of aliphatic hydroxyl groups is 1. The average molecular weight is 469 g/mol. The number of fused-ring (bicyclic) bond motifs is 2. The molecule has 184 valence electrons. The van der Waals surface area contributed by atoms with Gasteiger partial charge in [0.05, 0.1) is 48.1 Å². The molecule has 1 fully saturated rings. The number of hydrogen-bond acceptors (Lipinski definition) is 7. The lowest BCUT2D eigenvalue weighted by Gasteiger charge is -2.32. The second kappa shape index (κ2) is 10.1. The second-order valence-electron chi connectivity index (χ2n) is 8.88. The number of nitrogens with zero attached hydrogens (tertiary/aromatic N) is 3. The molecule has 1 saturated heterocycles. The summed E-state index contributed by atoms with van der Waals surface area (Å²) in [7, 11) is 3.18. The Balaban J connectivity index is 1.99. The number of aliphatic hydroxyl groups excluding tert-OH is 1. The van der Waals surface area contributed by atoms with E-state index in [9.17, 15) is 9.90 Å². The fourth-order valence-corrected chi connectivity index (χ4v) is 4.96. The lowest BCUT2D eigenvalue weighted by Crippen LogP contribution is -2.36. The molecule has 2 aromatic carbocycles. The van der Waals surface area contributed by atoms with Crippen LogP contribution in [-0.4, -0.2) is 67.6 Å². The molecule has 0 amide bonds. The normalized spacial score (nSPS) is 14.9. The maximum atomic E-state index is 13.7. The molecule has 8 nitrogen and oxygen atoms in total. The Morgan fingerprint density at radius 1 is 1.06 bits per heavy atom. The van der Waals surface area contributed by atoms with Crippen molar-refractivity contribution >= 4 is 33.2 Å². The van der Waals surface area contributed by atoms with E-state index >= 15 is 0 Å². The Labute approximate surface area is 200 Å². The number of ether oxygens (including phenoxy) is 2. The van der Waals surface area contributed by atoms with Crippen LogP contribution in [0.15, 0.2) is 29.1 Å². The quantitative estimate of drug-likeness (QED) is 0.388. The summed E-state index contributed by atoms with van der Waals surface area (Å²) < 4.78 is 13.3. The highest BCUT2D eigenvalue weighted by molar-refractivity contribution is 6.00. The number of piperidine rings is 1. The fourth-order valence-electron chi connectivity index (χ4n) is 4.96. The van der Waals surface area contributed by atoms with Crippen molar-refractivity contribution in [1.82, 2.24) is 9.47 Å². The van der Waals surface area contributed by atoms with Crippen LogP contribution in [0.25, 0.3) is 21.8 Å². The number of hydrogen-bond donors (Lipinski definition) is 2. The molecular formula is C26H36N4O4. The van der Waals surface area contributed by atoms with Gasteiger partial charge in [-0.15, -0.1) is 0 Å². The molecule has 0 bridgehead atoms. The van der Waals surface area contributed by atoms with Crippen molar-refractivity contribution in [3.63, 3.8) is 0 Å². The van der Waals surface area contributed by atoms with Crippen LogP contribution in [0.2, 0.25) is 0 Å². The van der Waals surface area contributed by atoms with Gasteiger partial charge in [-0.2, -0.15) is 0 Å². The van der Waals surface area contributed by atoms with E-state index in [1.165, 1.54) is 0 Å². The van der Waals surface area contributed by atoms with E-state index in [0.717, 1.165) is 49.4 Å². The van der Waals surface area contributed by atoms with E-state index in [0.29, 0.717) is 47.3 Å². The van der Waals surface area contributed by atoms with Crippen molar-refractivity contribution in [3.8, 4) is 11.5 Å². The Kier molecular flexibility index (Phi) is 7.19. The summed E-state index contributed by atoms with van der Waals surface area (Å²) >= 11 is 0. The van der Waals surface area contributed by atoms with Gasteiger partial charge < -0.3 is 34.7 Å². The number of rotatable bonds is 8. The van der Waals surface area contributed by atoms with E-state index in [1.54, 1.807) is 26.4 Å². The summed E-state index contributed by atoms with van der Waals surface area (Å²) in [6, 6.07) is 7.50. The lowest BCUT2D eigenvalue weighted by atomic mass is 10.0. The summed E-state index contributed by atoms with van der Waals surface area (Å²) in [6.07, 6.45) is 1.14. The van der Waals surface area contributed by atoms with Gasteiger partial charge in [0.2, 0.25) is 5.43 Å². The molecule has 4 rings (SSSR count). The molecule has 0 saturated carbocycles. The molecule has 1 aliphatic rings. The molecule has 1 aromatic heterocycles. The number of pyridine rings is 1. The standard InChI is InChI=1S/C26H36N4O4/c1-5-28(6-2)11-12-30-21-16-22(29-9-7-17(31)8-10-29)20(27)15-19(21)26(32)25-23(30)13-18(33-3)14-24(25)34-4/h13-17,31H,5-12,27H2,1-4H3. The van der Waals surface area contributed by atoms with Gasteiger partial charge in [-0.05, 0) is 38.1 Å². The van der Waals surface area contributed by atoms with Crippen molar-refractivity contribution in [2.24, 2.45) is 0 Å². The van der Waals surface area contributed by atoms with Gasteiger partial charge >= 0.3 is 0 Å². The van der Waals surface area contributed by atoms with Gasteiger partial charge in [0.25, 0.3) is 0 Å². The minimum atomic E-state index is -0.269. The largest absolute Gasteiger partial charge is 0.497 e. The zero-order chi connectivity index (χ0) is 24.4. The van der Waals surface area contributed by atoms with E-state index in [2.05, 4.69) is 28.2 Å². The number of anilines is 2. The van der Waals surface area contributed by atoms with Gasteiger partial charge in [0, 0.05) is 43.7 Å². The van der Waals surface area contributed by atoms with Crippen LogP contribution in [0.5, 0.6) is 11.5 Å². The van der Waals surface area contributed by atoms with Gasteiger partial charge in [-0.1, -0.05) is 13.8 Å². The zero-order valence-corrected chi connectivity index (χ0v) is 20.6. The minimum absolute atomic E-state index is 0.101. The fraction of sp³-hybridized carbons (Fsp3) is 0.500. The third-order valence-electron chi connectivity index (χ3n) is 7.05. The van der Waals surface area contributed by atoms with Crippen molar-refractivity contribution in [2.75, 3.05) is 57.6 Å². The third kappa shape index (κ3) is 4.40. The van der Waals surface area contributed by atoms with Crippen molar-refractivity contribution in [1.29, 1.82) is 0 Å². The molecule has 34 heavy (non-hydrogen) atoms. The van der Waals surface area contributed by atoms with E-state index in [4.69, 9.17) is 15.2 Å². The molecule has 1 aliphatic heterocycles. The highest BCUT2D eigenvalue weighted by Crippen LogP contribution is 2.35. The molecular weight excluding hydrogens is 432 g/mol. The van der Waals surface area contributed by atoms with Gasteiger partial charge in [0.1, 0.15) is 11.5 Å². The SMILES string of the molecule is CCN(CC)CCn1c2cc(N3CCC(O)CC3)c(N)cc2c(=O)c2c(OC)cc(OC)cc21. The molecule has 2 heterocycles. The van der Waals surface area contributed by atoms with Crippen LogP contribution >= 0.6 is 0 Å².